The summed E-state index contributed by atoms with van der Waals surface area (Å²) in [6.07, 6.45) is -0.580. The van der Waals surface area contributed by atoms with Crippen LogP contribution in [0.3, 0.4) is 0 Å². The number of nitrogens with zero attached hydrogens (tertiary/aromatic N) is 1. The number of aliphatic carboxylic acids is 2. The Bertz CT molecular complexity index is 411. The summed E-state index contributed by atoms with van der Waals surface area (Å²) < 4.78 is 0. The number of rotatable bonds is 5. The first-order valence-electron chi connectivity index (χ1n) is 5.10. The van der Waals surface area contributed by atoms with Crippen LogP contribution in [0.5, 0.6) is 0 Å². The molecule has 0 heterocycles. The van der Waals surface area contributed by atoms with E-state index in [4.69, 9.17) is 0 Å². The van der Waals surface area contributed by atoms with E-state index in [1.165, 1.54) is 0 Å². The van der Waals surface area contributed by atoms with Crippen LogP contribution in [0.4, 0.5) is 5.69 Å². The molecule has 0 saturated heterocycles. The third-order valence-corrected chi connectivity index (χ3v) is 2.47. The van der Waals surface area contributed by atoms with Crippen molar-refractivity contribution in [1.29, 1.82) is 0 Å². The molecule has 0 spiro atoms. The molecule has 5 heteroatoms. The number of carboxylic acids is 2. The number of hydrogen-bond acceptors (Lipinski definition) is 5. The van der Waals surface area contributed by atoms with E-state index < -0.39 is 24.3 Å². The quantitative estimate of drug-likeness (QED) is 0.635. The van der Waals surface area contributed by atoms with E-state index >= 15 is 0 Å². The third-order valence-electron chi connectivity index (χ3n) is 2.47. The Morgan fingerprint density at radius 2 is 1.71 bits per heavy atom. The summed E-state index contributed by atoms with van der Waals surface area (Å²) in [6, 6.07) is 6.61. The summed E-state index contributed by atoms with van der Waals surface area (Å²) in [5.41, 5.74) is 1.30. The van der Waals surface area contributed by atoms with Crippen molar-refractivity contribution >= 4 is 17.6 Å². The highest BCUT2D eigenvalue weighted by atomic mass is 16.4. The molecular weight excluding hydrogens is 222 g/mol. The first kappa shape index (κ1) is 13.0. The van der Waals surface area contributed by atoms with Crippen LogP contribution < -0.4 is 15.1 Å². The lowest BCUT2D eigenvalue weighted by molar-refractivity contribution is -0.317. The van der Waals surface area contributed by atoms with Gasteiger partial charge >= 0.3 is 0 Å². The molecule has 0 aliphatic carbocycles. The standard InChI is InChI=1S/C12H15NO4/c1-13(2)9-5-3-8(4-6-9)10(12(16)17)7-11(14)15/h3-6,10H,7H2,1-2H3,(H,14,15)(H,16,17)/p-2/t10-/m0/s1. The molecule has 1 aromatic rings. The smallest absolute Gasteiger partial charge is 0.0493 e. The van der Waals surface area contributed by atoms with Crippen molar-refractivity contribution in [1.82, 2.24) is 0 Å². The van der Waals surface area contributed by atoms with Crippen molar-refractivity contribution in [3.63, 3.8) is 0 Å². The minimum absolute atomic E-state index is 0.403. The van der Waals surface area contributed by atoms with Crippen LogP contribution in [0.2, 0.25) is 0 Å². The molecule has 0 aliphatic rings. The van der Waals surface area contributed by atoms with Crippen molar-refractivity contribution in [2.45, 2.75) is 12.3 Å². The third kappa shape index (κ3) is 3.48. The number of hydrogen-bond donors (Lipinski definition) is 0. The van der Waals surface area contributed by atoms with E-state index in [0.717, 1.165) is 5.69 Å². The van der Waals surface area contributed by atoms with Gasteiger partial charge in [-0.05, 0) is 24.1 Å². The van der Waals surface area contributed by atoms with Crippen LogP contribution >= 0.6 is 0 Å². The Labute approximate surface area is 99.3 Å². The van der Waals surface area contributed by atoms with Gasteiger partial charge in [-0.3, -0.25) is 0 Å². The summed E-state index contributed by atoms with van der Waals surface area (Å²) in [7, 11) is 3.71. The number of carbonyl (C=O) groups excluding carboxylic acids is 2. The summed E-state index contributed by atoms with van der Waals surface area (Å²) in [6.45, 7) is 0. The van der Waals surface area contributed by atoms with Gasteiger partial charge in [-0.1, -0.05) is 12.1 Å². The van der Waals surface area contributed by atoms with Gasteiger partial charge in [0, 0.05) is 37.6 Å². The highest BCUT2D eigenvalue weighted by Gasteiger charge is 2.13. The van der Waals surface area contributed by atoms with Crippen molar-refractivity contribution in [3.8, 4) is 0 Å². The molecule has 0 fully saturated rings. The van der Waals surface area contributed by atoms with Crippen molar-refractivity contribution < 1.29 is 19.8 Å². The average molecular weight is 235 g/mol. The predicted molar refractivity (Wildman–Crippen MR) is 58.1 cm³/mol. The zero-order valence-electron chi connectivity index (χ0n) is 9.67. The van der Waals surface area contributed by atoms with Crippen LogP contribution in [0, 0.1) is 0 Å². The van der Waals surface area contributed by atoms with Gasteiger partial charge in [-0.25, -0.2) is 0 Å². The lowest BCUT2D eigenvalue weighted by Crippen LogP contribution is -2.34. The molecule has 0 unspecified atom stereocenters. The van der Waals surface area contributed by atoms with Gasteiger partial charge in [0.15, 0.2) is 0 Å². The van der Waals surface area contributed by atoms with E-state index in [9.17, 15) is 19.8 Å². The summed E-state index contributed by atoms with van der Waals surface area (Å²) >= 11 is 0. The molecule has 5 nitrogen and oxygen atoms in total. The van der Waals surface area contributed by atoms with Gasteiger partial charge in [-0.2, -0.15) is 0 Å². The van der Waals surface area contributed by atoms with E-state index in [0.29, 0.717) is 5.56 Å². The Hall–Kier alpha value is -2.04. The summed E-state index contributed by atoms with van der Waals surface area (Å²) in [5.74, 6) is -3.99. The molecule has 17 heavy (non-hydrogen) atoms. The van der Waals surface area contributed by atoms with E-state index in [1.54, 1.807) is 24.3 Å². The molecule has 1 atom stereocenters. The number of carbonyl (C=O) groups is 2. The van der Waals surface area contributed by atoms with E-state index in [1.807, 2.05) is 19.0 Å². The number of benzene rings is 1. The van der Waals surface area contributed by atoms with Gasteiger partial charge in [-0.15, -0.1) is 0 Å². The van der Waals surface area contributed by atoms with E-state index in [2.05, 4.69) is 0 Å². The maximum Gasteiger partial charge on any atom is 0.0493 e. The molecule has 92 valence electrons. The first-order chi connectivity index (χ1) is 7.91. The van der Waals surface area contributed by atoms with Gasteiger partial charge < -0.3 is 24.7 Å². The molecule has 0 amide bonds. The lowest BCUT2D eigenvalue weighted by Gasteiger charge is -2.20. The van der Waals surface area contributed by atoms with Gasteiger partial charge in [0.1, 0.15) is 0 Å². The van der Waals surface area contributed by atoms with Crippen LogP contribution in [0.25, 0.3) is 0 Å². The maximum atomic E-state index is 10.8. The molecule has 0 saturated carbocycles. The lowest BCUT2D eigenvalue weighted by atomic mass is 9.96. The highest BCUT2D eigenvalue weighted by molar-refractivity contribution is 5.80. The Morgan fingerprint density at radius 1 is 1.18 bits per heavy atom. The summed E-state index contributed by atoms with van der Waals surface area (Å²) in [5, 5.41) is 21.3. The molecule has 0 aliphatic heterocycles. The second kappa shape index (κ2) is 5.34. The second-order valence-electron chi connectivity index (χ2n) is 3.93. The zero-order valence-corrected chi connectivity index (χ0v) is 9.67. The number of carboxylic acid groups (broad SMARTS) is 2. The monoisotopic (exact) mass is 235 g/mol. The van der Waals surface area contributed by atoms with Crippen molar-refractivity contribution in [3.05, 3.63) is 29.8 Å². The van der Waals surface area contributed by atoms with Crippen LogP contribution in [-0.4, -0.2) is 26.0 Å². The van der Waals surface area contributed by atoms with Crippen LogP contribution in [0.15, 0.2) is 24.3 Å². The highest BCUT2D eigenvalue weighted by Crippen LogP contribution is 2.21. The molecule has 0 aromatic heterocycles. The first-order valence-corrected chi connectivity index (χ1v) is 5.10. The molecule has 1 aromatic carbocycles. The van der Waals surface area contributed by atoms with Crippen LogP contribution in [-0.2, 0) is 9.59 Å². The maximum absolute atomic E-state index is 10.8. The minimum Gasteiger partial charge on any atom is -0.550 e. The minimum atomic E-state index is -1.41. The van der Waals surface area contributed by atoms with Crippen LogP contribution in [0.1, 0.15) is 17.9 Å². The van der Waals surface area contributed by atoms with Crippen molar-refractivity contribution in [2.75, 3.05) is 19.0 Å². The normalized spacial score (nSPS) is 11.9. The molecular formula is C12H13NO4-2. The molecule has 1 rings (SSSR count). The van der Waals surface area contributed by atoms with E-state index in [-0.39, 0.29) is 0 Å². The average Bonchev–Trinajstić information content (AvgIpc) is 2.25. The Morgan fingerprint density at radius 3 is 2.06 bits per heavy atom. The SMILES string of the molecule is CN(C)c1ccc([C@H](CC(=O)[O-])C(=O)[O-])cc1. The zero-order chi connectivity index (χ0) is 13.0. The van der Waals surface area contributed by atoms with Gasteiger partial charge in [0.2, 0.25) is 0 Å². The predicted octanol–water partition coefficient (Wildman–Crippen LogP) is -1.27. The largest absolute Gasteiger partial charge is 0.550 e. The van der Waals surface area contributed by atoms with Gasteiger partial charge in [0.05, 0.1) is 0 Å². The Kier molecular flexibility index (Phi) is 4.09. The Balaban J connectivity index is 2.95. The topological polar surface area (TPSA) is 83.5 Å². The second-order valence-corrected chi connectivity index (χ2v) is 3.93. The van der Waals surface area contributed by atoms with Gasteiger partial charge in [0.25, 0.3) is 0 Å². The fourth-order valence-electron chi connectivity index (χ4n) is 1.51. The fourth-order valence-corrected chi connectivity index (χ4v) is 1.51. The molecule has 0 radical (unpaired) electrons. The number of anilines is 1. The van der Waals surface area contributed by atoms with Crippen molar-refractivity contribution in [2.24, 2.45) is 0 Å². The fraction of sp³-hybridized carbons (Fsp3) is 0.333. The molecule has 0 N–H and O–H groups in total. The molecule has 0 bridgehead atoms. The summed E-state index contributed by atoms with van der Waals surface area (Å²) in [4.78, 5) is 23.2.